The summed E-state index contributed by atoms with van der Waals surface area (Å²) in [4.78, 5) is 7.22. The highest BCUT2D eigenvalue weighted by Crippen LogP contribution is 2.32. The van der Waals surface area contributed by atoms with Crippen LogP contribution in [0.25, 0.3) is 10.9 Å². The van der Waals surface area contributed by atoms with Crippen LogP contribution in [0.15, 0.2) is 42.6 Å². The van der Waals surface area contributed by atoms with Crippen LogP contribution in [0.1, 0.15) is 29.6 Å². The lowest BCUT2D eigenvalue weighted by molar-refractivity contribution is 0.909. The quantitative estimate of drug-likeness (QED) is 0.669. The maximum absolute atomic E-state index is 6.24. The number of benzene rings is 1. The van der Waals surface area contributed by atoms with Crippen LogP contribution in [0.3, 0.4) is 0 Å². The van der Waals surface area contributed by atoms with E-state index in [0.717, 1.165) is 28.0 Å². The zero-order valence-electron chi connectivity index (χ0n) is 12.1. The molecule has 0 spiro atoms. The summed E-state index contributed by atoms with van der Waals surface area (Å²) in [6, 6.07) is 12.5. The minimum atomic E-state index is 0.252. The molecule has 0 fully saturated rings. The molecule has 0 aliphatic rings. The van der Waals surface area contributed by atoms with Crippen LogP contribution in [0.4, 0.5) is 5.69 Å². The average molecular weight is 317 g/mol. The van der Waals surface area contributed by atoms with Crippen LogP contribution in [0.2, 0.25) is 5.02 Å². The van der Waals surface area contributed by atoms with E-state index >= 15 is 0 Å². The van der Waals surface area contributed by atoms with Gasteiger partial charge in [-0.25, -0.2) is 0 Å². The fourth-order valence-electron chi connectivity index (χ4n) is 2.38. The molecule has 2 heterocycles. The molecular weight excluding hydrogens is 300 g/mol. The van der Waals surface area contributed by atoms with Crippen molar-refractivity contribution in [3.63, 3.8) is 0 Å². The van der Waals surface area contributed by atoms with E-state index in [9.17, 15) is 0 Å². The standard InChI is InChI=1S/C17H17ClN2S/c1-3-12-6-9-16(21-12)11(2)20-15-8-7-14(18)13-5-4-10-19-17(13)15/h4-11,20H,3H2,1-2H3. The fraction of sp³-hybridized carbons (Fsp3) is 0.235. The highest BCUT2D eigenvalue weighted by Gasteiger charge is 2.11. The topological polar surface area (TPSA) is 24.9 Å². The average Bonchev–Trinajstić information content (AvgIpc) is 2.99. The normalized spacial score (nSPS) is 12.5. The minimum Gasteiger partial charge on any atom is -0.376 e. The number of hydrogen-bond donors (Lipinski definition) is 1. The molecule has 0 amide bonds. The molecule has 2 nitrogen and oxygen atoms in total. The van der Waals surface area contributed by atoms with Crippen LogP contribution in [0.5, 0.6) is 0 Å². The Hall–Kier alpha value is -1.58. The number of aromatic nitrogens is 1. The van der Waals surface area contributed by atoms with Crippen molar-refractivity contribution in [2.45, 2.75) is 26.3 Å². The number of nitrogens with one attached hydrogen (secondary N) is 1. The summed E-state index contributed by atoms with van der Waals surface area (Å²) in [5.41, 5.74) is 1.94. The number of rotatable bonds is 4. The van der Waals surface area contributed by atoms with Gasteiger partial charge < -0.3 is 5.32 Å². The molecule has 4 heteroatoms. The lowest BCUT2D eigenvalue weighted by Crippen LogP contribution is -2.05. The zero-order chi connectivity index (χ0) is 14.8. The van der Waals surface area contributed by atoms with Crippen molar-refractivity contribution in [1.82, 2.24) is 4.98 Å². The molecule has 2 aromatic heterocycles. The van der Waals surface area contributed by atoms with Crippen LogP contribution in [-0.2, 0) is 6.42 Å². The van der Waals surface area contributed by atoms with E-state index in [4.69, 9.17) is 11.6 Å². The Balaban J connectivity index is 1.92. The monoisotopic (exact) mass is 316 g/mol. The van der Waals surface area contributed by atoms with Gasteiger partial charge in [0.1, 0.15) is 0 Å². The number of nitrogens with zero attached hydrogens (tertiary/aromatic N) is 1. The van der Waals surface area contributed by atoms with E-state index in [1.807, 2.05) is 35.6 Å². The number of hydrogen-bond acceptors (Lipinski definition) is 3. The van der Waals surface area contributed by atoms with Gasteiger partial charge >= 0.3 is 0 Å². The van der Waals surface area contributed by atoms with Crippen LogP contribution in [0, 0.1) is 0 Å². The molecule has 0 aliphatic heterocycles. The molecule has 1 atom stereocenters. The smallest absolute Gasteiger partial charge is 0.0948 e. The van der Waals surface area contributed by atoms with E-state index in [1.165, 1.54) is 9.75 Å². The van der Waals surface area contributed by atoms with Gasteiger partial charge in [-0.15, -0.1) is 11.3 Å². The van der Waals surface area contributed by atoms with Crippen molar-refractivity contribution in [2.75, 3.05) is 5.32 Å². The van der Waals surface area contributed by atoms with E-state index in [0.29, 0.717) is 0 Å². The van der Waals surface area contributed by atoms with Gasteiger partial charge in [-0.1, -0.05) is 18.5 Å². The number of thiophene rings is 1. The predicted octanol–water partition coefficient (Wildman–Crippen LogP) is 5.69. The van der Waals surface area contributed by atoms with E-state index in [1.54, 1.807) is 6.20 Å². The predicted molar refractivity (Wildman–Crippen MR) is 92.5 cm³/mol. The van der Waals surface area contributed by atoms with Crippen molar-refractivity contribution < 1.29 is 0 Å². The molecule has 3 aromatic rings. The van der Waals surface area contributed by atoms with Crippen molar-refractivity contribution >= 4 is 39.5 Å². The van der Waals surface area contributed by atoms with Crippen LogP contribution >= 0.6 is 22.9 Å². The molecule has 0 radical (unpaired) electrons. The third kappa shape index (κ3) is 2.89. The molecule has 3 rings (SSSR count). The lowest BCUT2D eigenvalue weighted by atomic mass is 10.1. The van der Waals surface area contributed by atoms with E-state index < -0.39 is 0 Å². The SMILES string of the molecule is CCc1ccc(C(C)Nc2ccc(Cl)c3cccnc23)s1. The Morgan fingerprint density at radius 1 is 1.24 bits per heavy atom. The van der Waals surface area contributed by atoms with Gasteiger partial charge in [0.25, 0.3) is 0 Å². The second kappa shape index (κ2) is 6.04. The van der Waals surface area contributed by atoms with Crippen molar-refractivity contribution in [3.8, 4) is 0 Å². The molecule has 0 bridgehead atoms. The largest absolute Gasteiger partial charge is 0.376 e. The number of aryl methyl sites for hydroxylation is 1. The summed E-state index contributed by atoms with van der Waals surface area (Å²) >= 11 is 8.10. The van der Waals surface area contributed by atoms with Gasteiger partial charge in [-0.3, -0.25) is 4.98 Å². The third-order valence-corrected chi connectivity index (χ3v) is 5.29. The fourth-order valence-corrected chi connectivity index (χ4v) is 3.55. The van der Waals surface area contributed by atoms with E-state index in [-0.39, 0.29) is 6.04 Å². The minimum absolute atomic E-state index is 0.252. The first kappa shape index (κ1) is 14.4. The third-order valence-electron chi connectivity index (χ3n) is 3.55. The maximum Gasteiger partial charge on any atom is 0.0948 e. The van der Waals surface area contributed by atoms with Gasteiger partial charge in [0.2, 0.25) is 0 Å². The molecule has 0 aliphatic carbocycles. The Kier molecular flexibility index (Phi) is 4.13. The Morgan fingerprint density at radius 3 is 2.86 bits per heavy atom. The van der Waals surface area contributed by atoms with Gasteiger partial charge in [0, 0.05) is 21.3 Å². The lowest BCUT2D eigenvalue weighted by Gasteiger charge is -2.15. The summed E-state index contributed by atoms with van der Waals surface area (Å²) in [7, 11) is 0. The van der Waals surface area contributed by atoms with Crippen LogP contribution in [-0.4, -0.2) is 4.98 Å². The second-order valence-electron chi connectivity index (χ2n) is 5.02. The summed E-state index contributed by atoms with van der Waals surface area (Å²) in [6.07, 6.45) is 2.89. The molecule has 1 unspecified atom stereocenters. The summed E-state index contributed by atoms with van der Waals surface area (Å²) < 4.78 is 0. The number of anilines is 1. The summed E-state index contributed by atoms with van der Waals surface area (Å²) in [6.45, 7) is 4.36. The molecule has 1 N–H and O–H groups in total. The summed E-state index contributed by atoms with van der Waals surface area (Å²) in [5.74, 6) is 0. The molecular formula is C17H17ClN2S. The molecule has 21 heavy (non-hydrogen) atoms. The number of fused-ring (bicyclic) bond motifs is 1. The maximum atomic E-state index is 6.24. The first-order chi connectivity index (χ1) is 10.2. The van der Waals surface area contributed by atoms with Crippen LogP contribution < -0.4 is 5.32 Å². The first-order valence-corrected chi connectivity index (χ1v) is 8.27. The molecule has 0 saturated heterocycles. The summed E-state index contributed by atoms with van der Waals surface area (Å²) in [5, 5.41) is 5.27. The Labute approximate surface area is 133 Å². The second-order valence-corrected chi connectivity index (χ2v) is 6.63. The zero-order valence-corrected chi connectivity index (χ0v) is 13.6. The number of halogens is 1. The molecule has 1 aromatic carbocycles. The highest BCUT2D eigenvalue weighted by atomic mass is 35.5. The van der Waals surface area contributed by atoms with Crippen molar-refractivity contribution in [3.05, 3.63) is 57.4 Å². The van der Waals surface area contributed by atoms with Gasteiger partial charge in [0.05, 0.1) is 22.3 Å². The Morgan fingerprint density at radius 2 is 2.10 bits per heavy atom. The van der Waals surface area contributed by atoms with Gasteiger partial charge in [0.15, 0.2) is 0 Å². The van der Waals surface area contributed by atoms with Gasteiger partial charge in [-0.2, -0.15) is 0 Å². The highest BCUT2D eigenvalue weighted by molar-refractivity contribution is 7.12. The number of pyridine rings is 1. The first-order valence-electron chi connectivity index (χ1n) is 7.07. The molecule has 108 valence electrons. The molecule has 0 saturated carbocycles. The van der Waals surface area contributed by atoms with E-state index in [2.05, 4.69) is 36.3 Å². The Bertz CT molecular complexity index is 766. The van der Waals surface area contributed by atoms with Crippen molar-refractivity contribution in [2.24, 2.45) is 0 Å². The van der Waals surface area contributed by atoms with Gasteiger partial charge in [-0.05, 0) is 49.7 Å². The van der Waals surface area contributed by atoms with Crippen molar-refractivity contribution in [1.29, 1.82) is 0 Å².